The Hall–Kier alpha value is -5.19. The number of methoxy groups -OCH3 is 1. The van der Waals surface area contributed by atoms with Crippen molar-refractivity contribution in [1.82, 2.24) is 35.1 Å². The summed E-state index contributed by atoms with van der Waals surface area (Å²) >= 11 is 0. The van der Waals surface area contributed by atoms with Crippen LogP contribution < -0.4 is 5.32 Å². The molecule has 2 aliphatic carbocycles. The van der Waals surface area contributed by atoms with Crippen LogP contribution in [0.1, 0.15) is 120 Å². The first-order valence-electron chi connectivity index (χ1n) is 21.6. The van der Waals surface area contributed by atoms with Crippen molar-refractivity contribution < 1.29 is 19.1 Å². The van der Waals surface area contributed by atoms with E-state index in [9.17, 15) is 14.4 Å². The van der Waals surface area contributed by atoms with Gasteiger partial charge in [0.25, 0.3) is 0 Å². The Balaban J connectivity index is 1.02. The maximum Gasteiger partial charge on any atom is 0.407 e. The van der Waals surface area contributed by atoms with Gasteiger partial charge in [0.15, 0.2) is 0 Å². The topological polar surface area (TPSA) is 136 Å². The number of aromatic nitrogens is 4. The molecule has 2 saturated heterocycles. The molecule has 11 nitrogen and oxygen atoms in total. The molecule has 3 amide bonds. The summed E-state index contributed by atoms with van der Waals surface area (Å²) in [6.45, 7) is 9.48. The average Bonchev–Trinajstić information content (AvgIpc) is 4.06. The van der Waals surface area contributed by atoms with Gasteiger partial charge in [-0.3, -0.25) is 9.59 Å². The number of H-pyrrole nitrogens is 2. The van der Waals surface area contributed by atoms with Crippen molar-refractivity contribution in [2.45, 2.75) is 116 Å². The maximum absolute atomic E-state index is 13.8. The number of likely N-dealkylation sites (tertiary alicyclic amines) is 2. The molecule has 5 aromatic rings. The minimum atomic E-state index is -0.676. The highest BCUT2D eigenvalue weighted by Gasteiger charge is 2.42. The molecule has 1 saturated carbocycles. The Morgan fingerprint density at radius 2 is 1.31 bits per heavy atom. The summed E-state index contributed by atoms with van der Waals surface area (Å²) in [7, 11) is 1.31. The predicted molar refractivity (Wildman–Crippen MR) is 226 cm³/mol. The standard InChI is InChI=1S/C47H57N7O4/c1-27(2)22-41(55)53-20-8-10-39(53)43-48-35-16-12-29(23-37(35)50-43)31-14-15-32(34-26-47(25-33(31)34)18-6-7-19-47)30-13-17-36-38(24-30)51-44(49-36)40-11-9-21-54(40)45(56)42(28(3)4)52-46(57)58-5/h12-17,23-24,27-28,39-40,42H,6-11,18-22,25-26H2,1-5H3,(H,48,50)(H,49,51)(H,52,57)/t39-,40?,42-/m0/s1. The number of amides is 3. The second-order valence-corrected chi connectivity index (χ2v) is 18.3. The number of alkyl carbamates (subject to hydrolysis) is 1. The van der Waals surface area contributed by atoms with Crippen molar-refractivity contribution in [2.24, 2.45) is 17.3 Å². The number of aromatic amines is 2. The molecule has 4 aliphatic rings. The summed E-state index contributed by atoms with van der Waals surface area (Å²) < 4.78 is 4.82. The van der Waals surface area contributed by atoms with Crippen LogP contribution in [0.15, 0.2) is 48.5 Å². The van der Waals surface area contributed by atoms with E-state index < -0.39 is 12.1 Å². The molecule has 1 unspecified atom stereocenters. The number of nitrogens with zero attached hydrogens (tertiary/aromatic N) is 4. The van der Waals surface area contributed by atoms with Crippen LogP contribution in [0.4, 0.5) is 4.79 Å². The lowest BCUT2D eigenvalue weighted by Crippen LogP contribution is -2.51. The molecule has 58 heavy (non-hydrogen) atoms. The summed E-state index contributed by atoms with van der Waals surface area (Å²) in [5.74, 6) is 2.03. The fraction of sp³-hybridized carbons (Fsp3) is 0.511. The monoisotopic (exact) mass is 783 g/mol. The minimum Gasteiger partial charge on any atom is -0.453 e. The molecule has 11 heteroatoms. The fourth-order valence-corrected chi connectivity index (χ4v) is 10.6. The van der Waals surface area contributed by atoms with Crippen LogP contribution in [-0.2, 0) is 27.2 Å². The number of hydrogen-bond donors (Lipinski definition) is 3. The maximum atomic E-state index is 13.8. The third-order valence-corrected chi connectivity index (χ3v) is 13.5. The first-order valence-corrected chi connectivity index (χ1v) is 21.6. The number of hydrogen-bond acceptors (Lipinski definition) is 6. The van der Waals surface area contributed by atoms with Gasteiger partial charge in [-0.05, 0) is 126 Å². The zero-order chi connectivity index (χ0) is 40.3. The highest BCUT2D eigenvalue weighted by Crippen LogP contribution is 2.53. The van der Waals surface area contributed by atoms with E-state index in [0.717, 1.165) is 78.8 Å². The van der Waals surface area contributed by atoms with Crippen molar-refractivity contribution in [3.63, 3.8) is 0 Å². The van der Waals surface area contributed by atoms with E-state index in [1.165, 1.54) is 66.2 Å². The molecular formula is C47H57N7O4. The first-order chi connectivity index (χ1) is 28.0. The molecule has 2 aromatic heterocycles. The van der Waals surface area contributed by atoms with Crippen LogP contribution in [0.2, 0.25) is 0 Å². The van der Waals surface area contributed by atoms with Gasteiger partial charge in [-0.15, -0.1) is 0 Å². The van der Waals surface area contributed by atoms with Gasteiger partial charge in [-0.25, -0.2) is 14.8 Å². The summed E-state index contributed by atoms with van der Waals surface area (Å²) in [5.41, 5.74) is 12.0. The Bertz CT molecular complexity index is 2390. The average molecular weight is 784 g/mol. The third-order valence-electron chi connectivity index (χ3n) is 13.5. The molecule has 9 rings (SSSR count). The highest BCUT2D eigenvalue weighted by molar-refractivity contribution is 5.89. The first kappa shape index (κ1) is 38.3. The van der Waals surface area contributed by atoms with Crippen LogP contribution in [0.25, 0.3) is 44.3 Å². The number of carbonyl (C=O) groups excluding carboxylic acids is 3. The number of nitrogens with one attached hydrogen (secondary N) is 3. The number of imidazole rings is 2. The molecule has 0 radical (unpaired) electrons. The predicted octanol–water partition coefficient (Wildman–Crippen LogP) is 9.19. The SMILES string of the molecule is COC(=O)N[C@H](C(=O)N1CCCC1c1nc2ccc(-c3ccc(-c4ccc5nc([C@@H]6CCCN6C(=O)CC(C)C)[nH]c5c4)c4c3CC3(CCCC3)C4)cc2[nH]1)C(C)C. The number of benzene rings is 3. The molecule has 1 spiro atoms. The number of rotatable bonds is 9. The van der Waals surface area contributed by atoms with Crippen molar-refractivity contribution in [2.75, 3.05) is 20.2 Å². The van der Waals surface area contributed by atoms with Gasteiger partial charge in [-0.1, -0.05) is 64.8 Å². The molecule has 2 aliphatic heterocycles. The van der Waals surface area contributed by atoms with E-state index in [1.54, 1.807) is 0 Å². The summed E-state index contributed by atoms with van der Waals surface area (Å²) in [6, 6.07) is 16.9. The van der Waals surface area contributed by atoms with Crippen LogP contribution in [-0.4, -0.2) is 73.9 Å². The van der Waals surface area contributed by atoms with Gasteiger partial charge in [0, 0.05) is 19.5 Å². The van der Waals surface area contributed by atoms with E-state index in [1.807, 2.05) is 23.6 Å². The summed E-state index contributed by atoms with van der Waals surface area (Å²) in [6.07, 6.45) is 10.9. The molecule has 3 aromatic carbocycles. The Morgan fingerprint density at radius 1 is 0.776 bits per heavy atom. The molecule has 0 bridgehead atoms. The molecule has 4 heterocycles. The van der Waals surface area contributed by atoms with Crippen LogP contribution in [0, 0.1) is 17.3 Å². The molecular weight excluding hydrogens is 727 g/mol. The normalized spacial score (nSPS) is 20.6. The van der Waals surface area contributed by atoms with Gasteiger partial charge in [0.2, 0.25) is 11.8 Å². The Morgan fingerprint density at radius 3 is 1.83 bits per heavy atom. The Labute approximate surface area is 340 Å². The second kappa shape index (κ2) is 15.2. The van der Waals surface area contributed by atoms with E-state index in [-0.39, 0.29) is 29.8 Å². The van der Waals surface area contributed by atoms with Crippen molar-refractivity contribution >= 4 is 40.0 Å². The van der Waals surface area contributed by atoms with Gasteiger partial charge in [-0.2, -0.15) is 0 Å². The number of fused-ring (bicyclic) bond motifs is 3. The van der Waals surface area contributed by atoms with Crippen LogP contribution >= 0.6 is 0 Å². The van der Waals surface area contributed by atoms with Crippen LogP contribution in [0.5, 0.6) is 0 Å². The highest BCUT2D eigenvalue weighted by atomic mass is 16.5. The molecule has 304 valence electrons. The smallest absolute Gasteiger partial charge is 0.407 e. The van der Waals surface area contributed by atoms with E-state index in [0.29, 0.717) is 24.3 Å². The van der Waals surface area contributed by atoms with Crippen LogP contribution in [0.3, 0.4) is 0 Å². The van der Waals surface area contributed by atoms with E-state index in [4.69, 9.17) is 14.7 Å². The zero-order valence-corrected chi connectivity index (χ0v) is 34.6. The molecule has 3 fully saturated rings. The molecule has 3 N–H and O–H groups in total. The Kier molecular flexibility index (Phi) is 10.0. The lowest BCUT2D eigenvalue weighted by Gasteiger charge is -2.29. The second-order valence-electron chi connectivity index (χ2n) is 18.3. The number of ether oxygens (including phenoxy) is 1. The fourth-order valence-electron chi connectivity index (χ4n) is 10.6. The minimum absolute atomic E-state index is 0.00306. The van der Waals surface area contributed by atoms with Crippen molar-refractivity contribution in [1.29, 1.82) is 0 Å². The lowest BCUT2D eigenvalue weighted by molar-refractivity contribution is -0.135. The van der Waals surface area contributed by atoms with Crippen molar-refractivity contribution in [3.05, 3.63) is 71.3 Å². The van der Waals surface area contributed by atoms with E-state index >= 15 is 0 Å². The largest absolute Gasteiger partial charge is 0.453 e. The third kappa shape index (κ3) is 6.94. The van der Waals surface area contributed by atoms with Gasteiger partial charge in [0.05, 0.1) is 41.3 Å². The number of carbonyl (C=O) groups is 3. The zero-order valence-electron chi connectivity index (χ0n) is 34.6. The van der Waals surface area contributed by atoms with Gasteiger partial charge >= 0.3 is 6.09 Å². The summed E-state index contributed by atoms with van der Waals surface area (Å²) in [4.78, 5) is 60.2. The quantitative estimate of drug-likeness (QED) is 0.136. The van der Waals surface area contributed by atoms with E-state index in [2.05, 4.69) is 77.7 Å². The summed E-state index contributed by atoms with van der Waals surface area (Å²) in [5, 5.41) is 2.75. The lowest BCUT2D eigenvalue weighted by atomic mass is 9.82. The van der Waals surface area contributed by atoms with Gasteiger partial charge in [0.1, 0.15) is 17.7 Å². The molecule has 3 atom stereocenters. The van der Waals surface area contributed by atoms with Gasteiger partial charge < -0.3 is 29.8 Å². The van der Waals surface area contributed by atoms with Crippen molar-refractivity contribution in [3.8, 4) is 22.3 Å².